The monoisotopic (exact) mass is 902 g/mol. The van der Waals surface area contributed by atoms with Crippen LogP contribution in [0.1, 0.15) is 70.2 Å². The normalized spacial score (nSPS) is 14.9. The third kappa shape index (κ3) is 11.0. The van der Waals surface area contributed by atoms with E-state index in [-0.39, 0.29) is 18.1 Å². The number of nitrogens with one attached hydrogen (secondary N) is 3. The van der Waals surface area contributed by atoms with Crippen molar-refractivity contribution in [3.05, 3.63) is 81.2 Å². The van der Waals surface area contributed by atoms with Gasteiger partial charge in [0.25, 0.3) is 20.0 Å². The standard InChI is InChI=1S/C19H25N5O3S.C13H13NO.C8H11F3N4O3S/c1-20-9-11-24-10-8-17(22-24)28(26,27)23-19(25)21-18-15-6-2-4-13(15)12-14-5-3-7-16(14)18;15-8-14-13-11-5-1-3-9(11)7-10-4-2-6-12(10)13;1-14(7(16)8(9,10)11)4-5-15-3-2-6(13-15)19(12,17)18/h8,10,12,20H,2-7,9,11H2,1H3,(H2,21,23,25);7H,1-6H2;2-3H,4-5H2,1H3,(H2,12,17,18). The van der Waals surface area contributed by atoms with E-state index in [9.17, 15) is 44.4 Å². The number of primary sulfonamides is 1. The lowest BCUT2D eigenvalue weighted by molar-refractivity contribution is -0.184. The van der Waals surface area contributed by atoms with Crippen molar-refractivity contribution in [3.8, 4) is 0 Å². The van der Waals surface area contributed by atoms with E-state index < -0.39 is 43.2 Å². The van der Waals surface area contributed by atoms with Gasteiger partial charge in [-0.15, -0.1) is 0 Å². The number of aromatic nitrogens is 4. The van der Waals surface area contributed by atoms with Gasteiger partial charge in [0, 0.05) is 38.2 Å². The van der Waals surface area contributed by atoms with Gasteiger partial charge in [-0.3, -0.25) is 14.2 Å². The van der Waals surface area contributed by atoms with Gasteiger partial charge in [-0.2, -0.15) is 36.8 Å². The van der Waals surface area contributed by atoms with E-state index in [1.807, 2.05) is 7.05 Å². The minimum atomic E-state index is -4.94. The van der Waals surface area contributed by atoms with E-state index in [2.05, 4.69) is 42.7 Å². The first-order valence-corrected chi connectivity index (χ1v) is 23.2. The first-order valence-electron chi connectivity index (χ1n) is 20.2. The quantitative estimate of drug-likeness (QED) is 0.126. The number of alkyl halides is 3. The topological polar surface area (TPSA) is 233 Å². The second-order valence-electron chi connectivity index (χ2n) is 15.4. The number of amides is 3. The largest absolute Gasteiger partial charge is 0.471 e. The van der Waals surface area contributed by atoms with Crippen molar-refractivity contribution in [2.45, 2.75) is 106 Å². The number of likely N-dealkylation sites (N-methyl/N-ethyl adjacent to an activating group) is 2. The molecule has 4 aliphatic rings. The minimum absolute atomic E-state index is 0.0894. The highest BCUT2D eigenvalue weighted by atomic mass is 32.2. The zero-order valence-corrected chi connectivity index (χ0v) is 36.0. The Morgan fingerprint density at radius 3 is 1.77 bits per heavy atom. The molecule has 4 aromatic rings. The maximum atomic E-state index is 12.5. The number of hydrogen-bond donors (Lipinski definition) is 4. The first kappa shape index (κ1) is 46.1. The molecule has 0 spiro atoms. The molecule has 3 amide bonds. The van der Waals surface area contributed by atoms with Crippen molar-refractivity contribution in [2.24, 2.45) is 10.1 Å². The minimum Gasteiger partial charge on any atom is -0.336 e. The molecule has 334 valence electrons. The van der Waals surface area contributed by atoms with Crippen LogP contribution in [-0.4, -0.2) is 92.7 Å². The molecule has 2 aromatic heterocycles. The van der Waals surface area contributed by atoms with Gasteiger partial charge in [-0.1, -0.05) is 12.1 Å². The van der Waals surface area contributed by atoms with Crippen molar-refractivity contribution in [2.75, 3.05) is 32.5 Å². The molecule has 2 heterocycles. The second-order valence-corrected chi connectivity index (χ2v) is 18.5. The summed E-state index contributed by atoms with van der Waals surface area (Å²) in [4.78, 5) is 38.2. The average molecular weight is 903 g/mol. The number of carbonyl (C=O) groups is 2. The lowest BCUT2D eigenvalue weighted by atomic mass is 9.99. The van der Waals surface area contributed by atoms with E-state index in [1.54, 1.807) is 12.3 Å². The predicted molar refractivity (Wildman–Crippen MR) is 222 cm³/mol. The van der Waals surface area contributed by atoms with Crippen LogP contribution in [0.5, 0.6) is 0 Å². The summed E-state index contributed by atoms with van der Waals surface area (Å²) < 4.78 is 87.8. The number of nitrogens with two attached hydrogens (primary N) is 1. The fourth-order valence-electron chi connectivity index (χ4n) is 8.27. The molecular weight excluding hydrogens is 854 g/mol. The van der Waals surface area contributed by atoms with Crippen LogP contribution in [0.3, 0.4) is 0 Å². The number of halogens is 3. The van der Waals surface area contributed by atoms with Gasteiger partial charge >= 0.3 is 18.1 Å². The Bertz CT molecular complexity index is 2540. The molecule has 0 aliphatic heterocycles. The molecule has 8 rings (SSSR count). The van der Waals surface area contributed by atoms with Gasteiger partial charge in [0.2, 0.25) is 6.08 Å². The van der Waals surface area contributed by atoms with Crippen molar-refractivity contribution in [1.82, 2.24) is 34.5 Å². The fraction of sp³-hybridized carbons (Fsp3) is 0.475. The van der Waals surface area contributed by atoms with E-state index in [4.69, 9.17) is 5.14 Å². The number of isocyanates is 1. The third-order valence-corrected chi connectivity index (χ3v) is 13.2. The molecule has 0 saturated carbocycles. The second kappa shape index (κ2) is 19.3. The lowest BCUT2D eigenvalue weighted by Gasteiger charge is -2.18. The number of hydrogen-bond acceptors (Lipinski definition) is 11. The van der Waals surface area contributed by atoms with Crippen LogP contribution in [0, 0.1) is 0 Å². The molecule has 0 fully saturated rings. The average Bonchev–Trinajstić information content (AvgIpc) is 4.07. The summed E-state index contributed by atoms with van der Waals surface area (Å²) in [5.74, 6) is -1.98. The van der Waals surface area contributed by atoms with Crippen LogP contribution < -0.4 is 20.5 Å². The summed E-state index contributed by atoms with van der Waals surface area (Å²) in [6.07, 6.45) is 12.5. The zero-order valence-electron chi connectivity index (χ0n) is 34.3. The SMILES string of the molecule is CN(CCn1ccc(S(N)(=O)=O)n1)C(=O)C(F)(F)F.CNCCn1ccc(S(=O)(=O)NC(=O)Nc2c3c(cc4c2CCC4)CCC3)n1.O=C=Nc1c2c(cc3c1CCC3)CCC2. The van der Waals surface area contributed by atoms with Gasteiger partial charge in [0.05, 0.1) is 18.8 Å². The Hall–Kier alpha value is -5.41. The maximum absolute atomic E-state index is 12.5. The lowest BCUT2D eigenvalue weighted by Crippen LogP contribution is -2.40. The highest BCUT2D eigenvalue weighted by Crippen LogP contribution is 2.40. The van der Waals surface area contributed by atoms with E-state index in [1.165, 1.54) is 63.2 Å². The number of rotatable bonds is 11. The van der Waals surface area contributed by atoms with Crippen LogP contribution in [-0.2, 0) is 94.1 Å². The number of urea groups is 1. The number of nitrogens with zero attached hydrogens (tertiary/aromatic N) is 6. The Kier molecular flexibility index (Phi) is 14.4. The van der Waals surface area contributed by atoms with Crippen LogP contribution >= 0.6 is 0 Å². The number of benzene rings is 2. The Labute approximate surface area is 357 Å². The summed E-state index contributed by atoms with van der Waals surface area (Å²) in [7, 11) is -5.18. The Morgan fingerprint density at radius 2 is 1.29 bits per heavy atom. The van der Waals surface area contributed by atoms with Crippen LogP contribution in [0.25, 0.3) is 0 Å². The number of carbonyl (C=O) groups excluding carboxylic acids is 3. The zero-order chi connectivity index (χ0) is 44.8. The fourth-order valence-corrected chi connectivity index (χ4v) is 9.60. The molecule has 2 aromatic carbocycles. The molecule has 0 radical (unpaired) electrons. The van der Waals surface area contributed by atoms with Crippen molar-refractivity contribution < 1.29 is 44.4 Å². The molecule has 62 heavy (non-hydrogen) atoms. The molecule has 0 bridgehead atoms. The van der Waals surface area contributed by atoms with Crippen molar-refractivity contribution in [3.63, 3.8) is 0 Å². The molecule has 0 unspecified atom stereocenters. The summed E-state index contributed by atoms with van der Waals surface area (Å²) >= 11 is 0. The Balaban J connectivity index is 0.000000164. The van der Waals surface area contributed by atoms with Gasteiger partial charge in [-0.05, 0) is 141 Å². The molecular formula is C40H49F3N10O7S2. The van der Waals surface area contributed by atoms with Crippen LogP contribution in [0.4, 0.5) is 29.3 Å². The number of aliphatic imine (C=N–C) groups is 1. The van der Waals surface area contributed by atoms with Crippen LogP contribution in [0.2, 0.25) is 0 Å². The molecule has 17 nitrogen and oxygen atoms in total. The molecule has 0 atom stereocenters. The number of sulfonamides is 2. The highest BCUT2D eigenvalue weighted by Gasteiger charge is 2.41. The van der Waals surface area contributed by atoms with E-state index in [0.29, 0.717) is 18.0 Å². The van der Waals surface area contributed by atoms with Gasteiger partial charge < -0.3 is 15.5 Å². The number of anilines is 1. The molecule has 0 saturated heterocycles. The smallest absolute Gasteiger partial charge is 0.336 e. The van der Waals surface area contributed by atoms with Crippen molar-refractivity contribution >= 4 is 49.4 Å². The summed E-state index contributed by atoms with van der Waals surface area (Å²) in [6, 6.07) is 6.38. The molecule has 5 N–H and O–H groups in total. The Morgan fingerprint density at radius 1 is 0.806 bits per heavy atom. The predicted octanol–water partition coefficient (Wildman–Crippen LogP) is 3.77. The summed E-state index contributed by atoms with van der Waals surface area (Å²) in [5.41, 5.74) is 12.1. The number of aryl methyl sites for hydroxylation is 4. The maximum Gasteiger partial charge on any atom is 0.471 e. The summed E-state index contributed by atoms with van der Waals surface area (Å²) in [5, 5.41) is 17.7. The number of fused-ring (bicyclic) bond motifs is 4. The molecule has 22 heteroatoms. The highest BCUT2D eigenvalue weighted by molar-refractivity contribution is 7.90. The molecule has 4 aliphatic carbocycles. The van der Waals surface area contributed by atoms with Gasteiger partial charge in [0.15, 0.2) is 10.1 Å². The first-order chi connectivity index (χ1) is 29.4. The van der Waals surface area contributed by atoms with Crippen molar-refractivity contribution in [1.29, 1.82) is 0 Å². The van der Waals surface area contributed by atoms with Gasteiger partial charge in [-0.25, -0.2) is 27.9 Å². The van der Waals surface area contributed by atoms with Gasteiger partial charge in [0.1, 0.15) is 0 Å². The third-order valence-electron chi connectivity index (χ3n) is 11.2. The van der Waals surface area contributed by atoms with E-state index >= 15 is 0 Å². The van der Waals surface area contributed by atoms with E-state index in [0.717, 1.165) is 105 Å². The van der Waals surface area contributed by atoms with Crippen LogP contribution in [0.15, 0.2) is 51.7 Å². The summed E-state index contributed by atoms with van der Waals surface area (Å²) in [6.45, 7) is 0.845.